The Bertz CT molecular complexity index is 689. The van der Waals surface area contributed by atoms with Crippen LogP contribution in [0.5, 0.6) is 0 Å². The van der Waals surface area contributed by atoms with Gasteiger partial charge in [-0.15, -0.1) is 4.40 Å². The molecule has 2 aliphatic heterocycles. The van der Waals surface area contributed by atoms with Crippen molar-refractivity contribution in [3.63, 3.8) is 0 Å². The molecule has 1 saturated carbocycles. The van der Waals surface area contributed by atoms with E-state index in [4.69, 9.17) is 0 Å². The van der Waals surface area contributed by atoms with Crippen LogP contribution in [0, 0.1) is 0 Å². The molecule has 5 nitrogen and oxygen atoms in total. The van der Waals surface area contributed by atoms with Crippen molar-refractivity contribution < 1.29 is 8.42 Å². The summed E-state index contributed by atoms with van der Waals surface area (Å²) in [6.07, 6.45) is 4.62. The molecular weight excluding hydrogens is 286 g/mol. The summed E-state index contributed by atoms with van der Waals surface area (Å²) >= 11 is 0. The van der Waals surface area contributed by atoms with E-state index >= 15 is 0 Å². The van der Waals surface area contributed by atoms with Gasteiger partial charge >= 0.3 is 0 Å². The highest BCUT2D eigenvalue weighted by atomic mass is 32.2. The van der Waals surface area contributed by atoms with Gasteiger partial charge in [0.15, 0.2) is 5.84 Å². The van der Waals surface area contributed by atoms with E-state index in [-0.39, 0.29) is 0 Å². The predicted octanol–water partition coefficient (Wildman–Crippen LogP) is 1.35. The topological polar surface area (TPSA) is 61.8 Å². The summed E-state index contributed by atoms with van der Waals surface area (Å²) in [6, 6.07) is 8.07. The molecule has 1 aliphatic carbocycles. The Morgan fingerprint density at radius 2 is 2.05 bits per heavy atom. The first-order valence-electron chi connectivity index (χ1n) is 7.59. The first-order valence-corrected chi connectivity index (χ1v) is 9.03. The summed E-state index contributed by atoms with van der Waals surface area (Å²) in [6.45, 7) is 1.91. The zero-order valence-corrected chi connectivity index (χ0v) is 12.6. The molecular formula is C15H19N3O2S. The van der Waals surface area contributed by atoms with Crippen LogP contribution in [0.15, 0.2) is 33.6 Å². The number of fused-ring (bicyclic) bond motifs is 1. The summed E-state index contributed by atoms with van der Waals surface area (Å²) in [5, 5.41) is 3.49. The van der Waals surface area contributed by atoms with Gasteiger partial charge < -0.3 is 10.2 Å². The minimum atomic E-state index is -3.51. The highest BCUT2D eigenvalue weighted by Gasteiger charge is 2.39. The molecule has 6 heteroatoms. The fourth-order valence-corrected chi connectivity index (χ4v) is 4.46. The summed E-state index contributed by atoms with van der Waals surface area (Å²) < 4.78 is 28.5. The maximum atomic E-state index is 12.2. The highest BCUT2D eigenvalue weighted by molar-refractivity contribution is 7.90. The minimum Gasteiger partial charge on any atom is -0.351 e. The minimum absolute atomic E-state index is 0.352. The van der Waals surface area contributed by atoms with E-state index in [0.717, 1.165) is 37.9 Å². The lowest BCUT2D eigenvalue weighted by atomic mass is 10.1. The second kappa shape index (κ2) is 4.81. The zero-order chi connectivity index (χ0) is 14.4. The standard InChI is InChI=1S/C15H19N3O2S/c19-21(20)14-6-2-1-5-13(14)15(17-21)18(12-7-8-12)10-11-4-3-9-16-11/h1-2,5-6,11-12,16H,3-4,7-10H2. The molecule has 1 aromatic rings. The molecule has 21 heavy (non-hydrogen) atoms. The molecule has 1 unspecified atom stereocenters. The fraction of sp³-hybridized carbons (Fsp3) is 0.533. The average Bonchev–Trinajstić information content (AvgIpc) is 3.11. The van der Waals surface area contributed by atoms with Crippen LogP contribution < -0.4 is 5.32 Å². The van der Waals surface area contributed by atoms with Gasteiger partial charge in [-0.3, -0.25) is 0 Å². The van der Waals surface area contributed by atoms with E-state index < -0.39 is 10.0 Å². The van der Waals surface area contributed by atoms with Gasteiger partial charge in [-0.2, -0.15) is 8.42 Å². The Balaban J connectivity index is 1.70. The van der Waals surface area contributed by atoms with Gasteiger partial charge in [0.2, 0.25) is 0 Å². The molecule has 1 saturated heterocycles. The van der Waals surface area contributed by atoms with Crippen molar-refractivity contribution in [2.75, 3.05) is 13.1 Å². The van der Waals surface area contributed by atoms with Crippen LogP contribution >= 0.6 is 0 Å². The quantitative estimate of drug-likeness (QED) is 0.916. The monoisotopic (exact) mass is 305 g/mol. The average molecular weight is 305 g/mol. The smallest absolute Gasteiger partial charge is 0.285 e. The third kappa shape index (κ3) is 2.36. The van der Waals surface area contributed by atoms with E-state index in [1.807, 2.05) is 12.1 Å². The number of hydrogen-bond acceptors (Lipinski definition) is 4. The van der Waals surface area contributed by atoms with Crippen molar-refractivity contribution in [3.8, 4) is 0 Å². The number of hydrogen-bond donors (Lipinski definition) is 1. The molecule has 0 aromatic heterocycles. The van der Waals surface area contributed by atoms with E-state index in [1.54, 1.807) is 12.1 Å². The number of rotatable bonds is 3. The molecule has 1 atom stereocenters. The first kappa shape index (κ1) is 13.3. The van der Waals surface area contributed by atoms with Crippen molar-refractivity contribution >= 4 is 15.9 Å². The molecule has 2 fully saturated rings. The van der Waals surface area contributed by atoms with Crippen molar-refractivity contribution in [1.82, 2.24) is 10.2 Å². The van der Waals surface area contributed by atoms with Gasteiger partial charge in [0, 0.05) is 24.2 Å². The number of nitrogens with zero attached hydrogens (tertiary/aromatic N) is 2. The van der Waals surface area contributed by atoms with Gasteiger partial charge in [-0.1, -0.05) is 12.1 Å². The SMILES string of the molecule is O=S1(=O)N=C(N(CC2CCCN2)C2CC2)c2ccccc21. The Morgan fingerprint density at radius 3 is 2.76 bits per heavy atom. The lowest BCUT2D eigenvalue weighted by molar-refractivity contribution is 0.361. The third-order valence-electron chi connectivity index (χ3n) is 4.45. The molecule has 0 amide bonds. The van der Waals surface area contributed by atoms with Gasteiger partial charge in [-0.25, -0.2) is 0 Å². The Hall–Kier alpha value is -1.40. The van der Waals surface area contributed by atoms with Crippen LogP contribution in [-0.4, -0.2) is 44.3 Å². The Labute approximate surface area is 125 Å². The number of nitrogens with one attached hydrogen (secondary N) is 1. The van der Waals surface area contributed by atoms with Crippen molar-refractivity contribution in [2.24, 2.45) is 4.40 Å². The van der Waals surface area contributed by atoms with Crippen LogP contribution in [0.4, 0.5) is 0 Å². The van der Waals surface area contributed by atoms with Crippen LogP contribution in [0.3, 0.4) is 0 Å². The maximum absolute atomic E-state index is 12.2. The summed E-state index contributed by atoms with van der Waals surface area (Å²) in [4.78, 5) is 2.57. The molecule has 2 heterocycles. The maximum Gasteiger partial charge on any atom is 0.285 e. The molecule has 112 valence electrons. The molecule has 1 aromatic carbocycles. The molecule has 4 rings (SSSR count). The van der Waals surface area contributed by atoms with Crippen molar-refractivity contribution in [3.05, 3.63) is 29.8 Å². The van der Waals surface area contributed by atoms with Gasteiger partial charge in [0.1, 0.15) is 4.90 Å². The van der Waals surface area contributed by atoms with E-state index in [0.29, 0.717) is 22.8 Å². The number of amidine groups is 1. The van der Waals surface area contributed by atoms with E-state index in [2.05, 4.69) is 14.6 Å². The number of sulfonamides is 1. The van der Waals surface area contributed by atoms with Crippen LogP contribution in [-0.2, 0) is 10.0 Å². The van der Waals surface area contributed by atoms with Gasteiger partial charge in [0.05, 0.1) is 0 Å². The second-order valence-electron chi connectivity index (χ2n) is 6.06. The lowest BCUT2D eigenvalue weighted by Gasteiger charge is -2.27. The summed E-state index contributed by atoms with van der Waals surface area (Å²) in [5.41, 5.74) is 0.766. The van der Waals surface area contributed by atoms with E-state index in [9.17, 15) is 8.42 Å². The predicted molar refractivity (Wildman–Crippen MR) is 80.9 cm³/mol. The third-order valence-corrected chi connectivity index (χ3v) is 5.78. The zero-order valence-electron chi connectivity index (χ0n) is 11.8. The van der Waals surface area contributed by atoms with Crippen molar-refractivity contribution in [2.45, 2.75) is 42.7 Å². The molecule has 1 N–H and O–H groups in total. The highest BCUT2D eigenvalue weighted by Crippen LogP contribution is 2.34. The van der Waals surface area contributed by atoms with Crippen LogP contribution in [0.2, 0.25) is 0 Å². The number of benzene rings is 1. The molecule has 3 aliphatic rings. The Morgan fingerprint density at radius 1 is 1.24 bits per heavy atom. The fourth-order valence-electron chi connectivity index (χ4n) is 3.24. The largest absolute Gasteiger partial charge is 0.351 e. The van der Waals surface area contributed by atoms with Crippen LogP contribution in [0.1, 0.15) is 31.2 Å². The van der Waals surface area contributed by atoms with E-state index in [1.165, 1.54) is 6.42 Å². The lowest BCUT2D eigenvalue weighted by Crippen LogP contribution is -2.42. The normalized spacial score (nSPS) is 26.5. The van der Waals surface area contributed by atoms with Crippen LogP contribution in [0.25, 0.3) is 0 Å². The second-order valence-corrected chi connectivity index (χ2v) is 7.64. The molecule has 0 bridgehead atoms. The van der Waals surface area contributed by atoms with Gasteiger partial charge in [-0.05, 0) is 44.4 Å². The summed E-state index contributed by atoms with van der Waals surface area (Å²) in [7, 11) is -3.51. The van der Waals surface area contributed by atoms with Crippen molar-refractivity contribution in [1.29, 1.82) is 0 Å². The van der Waals surface area contributed by atoms with Gasteiger partial charge in [0.25, 0.3) is 10.0 Å². The first-order chi connectivity index (χ1) is 10.1. The Kier molecular flexibility index (Phi) is 3.04. The molecule has 0 spiro atoms. The molecule has 0 radical (unpaired) electrons. The summed E-state index contributed by atoms with van der Waals surface area (Å²) in [5.74, 6) is 0.654.